The lowest BCUT2D eigenvalue weighted by atomic mass is 10.00. The zero-order valence-electron chi connectivity index (χ0n) is 12.5. The number of hydrogen-bond acceptors (Lipinski definition) is 3. The molecule has 20 heavy (non-hydrogen) atoms. The summed E-state index contributed by atoms with van der Waals surface area (Å²) in [6.07, 6.45) is 3.85. The second-order valence-corrected chi connectivity index (χ2v) is 7.26. The number of rotatable bonds is 6. The Morgan fingerprint density at radius 1 is 1.35 bits per heavy atom. The molecule has 3 rings (SSSR count). The summed E-state index contributed by atoms with van der Waals surface area (Å²) >= 11 is 1.92. The van der Waals surface area contributed by atoms with E-state index < -0.39 is 0 Å². The van der Waals surface area contributed by atoms with Gasteiger partial charge in [0.25, 0.3) is 0 Å². The van der Waals surface area contributed by atoms with E-state index in [4.69, 9.17) is 4.74 Å². The molecule has 0 atom stereocenters. The highest BCUT2D eigenvalue weighted by Gasteiger charge is 2.22. The Bertz CT molecular complexity index is 598. The van der Waals surface area contributed by atoms with E-state index in [1.807, 2.05) is 11.3 Å². The summed E-state index contributed by atoms with van der Waals surface area (Å²) in [5.74, 6) is 1.64. The molecule has 1 saturated carbocycles. The molecule has 0 unspecified atom stereocenters. The van der Waals surface area contributed by atoms with E-state index in [1.165, 1.54) is 33.4 Å². The minimum atomic E-state index is 0.689. The van der Waals surface area contributed by atoms with Crippen LogP contribution in [0.1, 0.15) is 37.1 Å². The van der Waals surface area contributed by atoms with Crippen molar-refractivity contribution in [3.8, 4) is 5.75 Å². The van der Waals surface area contributed by atoms with Gasteiger partial charge in [0, 0.05) is 22.2 Å². The van der Waals surface area contributed by atoms with Gasteiger partial charge in [0.2, 0.25) is 0 Å². The lowest BCUT2D eigenvalue weighted by Crippen LogP contribution is -2.15. The van der Waals surface area contributed by atoms with Crippen molar-refractivity contribution in [3.63, 3.8) is 0 Å². The predicted octanol–water partition coefficient (Wildman–Crippen LogP) is 4.36. The smallest absolute Gasteiger partial charge is 0.120 e. The first-order valence-corrected chi connectivity index (χ1v) is 8.30. The fourth-order valence-corrected chi connectivity index (χ4v) is 3.82. The Morgan fingerprint density at radius 2 is 2.15 bits per heavy atom. The summed E-state index contributed by atoms with van der Waals surface area (Å²) in [6, 6.07) is 7.24. The van der Waals surface area contributed by atoms with Crippen LogP contribution in [-0.2, 0) is 13.0 Å². The zero-order valence-corrected chi connectivity index (χ0v) is 13.3. The van der Waals surface area contributed by atoms with Crippen molar-refractivity contribution < 1.29 is 4.74 Å². The normalized spacial score (nSPS) is 15.2. The van der Waals surface area contributed by atoms with Crippen molar-refractivity contribution in [1.82, 2.24) is 5.32 Å². The quantitative estimate of drug-likeness (QED) is 0.853. The summed E-state index contributed by atoms with van der Waals surface area (Å²) in [5, 5.41) is 5.07. The third-order valence-corrected chi connectivity index (χ3v) is 5.02. The van der Waals surface area contributed by atoms with E-state index in [0.717, 1.165) is 24.8 Å². The topological polar surface area (TPSA) is 21.3 Å². The SMILES string of the molecule is COc1ccc2c(CC(C)C)c(CNC3CC3)sc2c1. The molecule has 0 aliphatic heterocycles. The van der Waals surface area contributed by atoms with Gasteiger partial charge in [0.05, 0.1) is 7.11 Å². The summed E-state index contributed by atoms with van der Waals surface area (Å²) in [6.45, 7) is 5.62. The van der Waals surface area contributed by atoms with Gasteiger partial charge in [-0.15, -0.1) is 11.3 Å². The molecule has 1 aromatic heterocycles. The third kappa shape index (κ3) is 2.99. The number of benzene rings is 1. The molecule has 1 N–H and O–H groups in total. The van der Waals surface area contributed by atoms with Gasteiger partial charge in [-0.25, -0.2) is 0 Å². The number of ether oxygens (including phenoxy) is 1. The average Bonchev–Trinajstić information content (AvgIpc) is 3.20. The Hall–Kier alpha value is -1.06. The Kier molecular flexibility index (Phi) is 3.99. The summed E-state index contributed by atoms with van der Waals surface area (Å²) in [7, 11) is 1.74. The van der Waals surface area contributed by atoms with Crippen molar-refractivity contribution in [1.29, 1.82) is 0 Å². The van der Waals surface area contributed by atoms with Gasteiger partial charge in [0.15, 0.2) is 0 Å². The van der Waals surface area contributed by atoms with E-state index in [1.54, 1.807) is 7.11 Å². The van der Waals surface area contributed by atoms with Gasteiger partial charge in [-0.2, -0.15) is 0 Å². The second kappa shape index (κ2) is 5.74. The third-order valence-electron chi connectivity index (χ3n) is 3.82. The molecular weight excluding hydrogens is 266 g/mol. The van der Waals surface area contributed by atoms with Crippen LogP contribution in [0, 0.1) is 5.92 Å². The molecule has 1 aliphatic carbocycles. The molecule has 0 spiro atoms. The summed E-state index contributed by atoms with van der Waals surface area (Å²) < 4.78 is 6.71. The lowest BCUT2D eigenvalue weighted by Gasteiger charge is -2.08. The lowest BCUT2D eigenvalue weighted by molar-refractivity contribution is 0.415. The number of nitrogens with one attached hydrogen (secondary N) is 1. The number of fused-ring (bicyclic) bond motifs is 1. The van der Waals surface area contributed by atoms with Crippen molar-refractivity contribution in [2.45, 2.75) is 45.7 Å². The molecule has 1 heterocycles. The van der Waals surface area contributed by atoms with Gasteiger partial charge >= 0.3 is 0 Å². The Balaban J connectivity index is 1.95. The van der Waals surface area contributed by atoms with E-state index in [-0.39, 0.29) is 0 Å². The standard InChI is InChI=1S/C17H23NOS/c1-11(2)8-15-14-7-6-13(19-3)9-16(14)20-17(15)10-18-12-4-5-12/h6-7,9,11-12,18H,4-5,8,10H2,1-3H3. The molecule has 0 amide bonds. The van der Waals surface area contributed by atoms with Crippen molar-refractivity contribution in [3.05, 3.63) is 28.6 Å². The van der Waals surface area contributed by atoms with Crippen LogP contribution in [-0.4, -0.2) is 13.2 Å². The molecule has 1 fully saturated rings. The summed E-state index contributed by atoms with van der Waals surface area (Å²) in [4.78, 5) is 1.51. The molecule has 1 aliphatic rings. The van der Waals surface area contributed by atoms with Crippen LogP contribution in [0.4, 0.5) is 0 Å². The molecule has 0 bridgehead atoms. The highest BCUT2D eigenvalue weighted by Crippen LogP contribution is 2.35. The van der Waals surface area contributed by atoms with Gasteiger partial charge in [-0.3, -0.25) is 0 Å². The van der Waals surface area contributed by atoms with Crippen LogP contribution < -0.4 is 10.1 Å². The van der Waals surface area contributed by atoms with E-state index in [2.05, 4.69) is 37.4 Å². The van der Waals surface area contributed by atoms with E-state index >= 15 is 0 Å². The monoisotopic (exact) mass is 289 g/mol. The van der Waals surface area contributed by atoms with Crippen LogP contribution in [0.2, 0.25) is 0 Å². The van der Waals surface area contributed by atoms with Crippen LogP contribution in [0.5, 0.6) is 5.75 Å². The number of methoxy groups -OCH3 is 1. The first-order valence-electron chi connectivity index (χ1n) is 7.49. The molecule has 2 nitrogen and oxygen atoms in total. The molecule has 1 aromatic carbocycles. The van der Waals surface area contributed by atoms with Crippen molar-refractivity contribution >= 4 is 21.4 Å². The summed E-state index contributed by atoms with van der Waals surface area (Å²) in [5.41, 5.74) is 1.54. The maximum atomic E-state index is 5.35. The minimum Gasteiger partial charge on any atom is -0.497 e. The van der Waals surface area contributed by atoms with Crippen LogP contribution >= 0.6 is 11.3 Å². The van der Waals surface area contributed by atoms with Crippen molar-refractivity contribution in [2.75, 3.05) is 7.11 Å². The maximum Gasteiger partial charge on any atom is 0.120 e. The van der Waals surface area contributed by atoms with E-state index in [9.17, 15) is 0 Å². The molecule has 0 radical (unpaired) electrons. The van der Waals surface area contributed by atoms with Gasteiger partial charge in [-0.05, 0) is 54.3 Å². The number of thiophene rings is 1. The highest BCUT2D eigenvalue weighted by molar-refractivity contribution is 7.19. The molecule has 108 valence electrons. The van der Waals surface area contributed by atoms with Crippen molar-refractivity contribution in [2.24, 2.45) is 5.92 Å². The minimum absolute atomic E-state index is 0.689. The first-order chi connectivity index (χ1) is 9.67. The average molecular weight is 289 g/mol. The fourth-order valence-electron chi connectivity index (χ4n) is 2.61. The maximum absolute atomic E-state index is 5.35. The predicted molar refractivity (Wildman–Crippen MR) is 86.8 cm³/mol. The zero-order chi connectivity index (χ0) is 14.1. The molecular formula is C17H23NOS. The van der Waals surface area contributed by atoms with Gasteiger partial charge < -0.3 is 10.1 Å². The Labute approximate surface area is 125 Å². The van der Waals surface area contributed by atoms with Crippen LogP contribution in [0.15, 0.2) is 18.2 Å². The van der Waals surface area contributed by atoms with Gasteiger partial charge in [-0.1, -0.05) is 13.8 Å². The molecule has 3 heteroatoms. The molecule has 0 saturated heterocycles. The van der Waals surface area contributed by atoms with Gasteiger partial charge in [0.1, 0.15) is 5.75 Å². The molecule has 2 aromatic rings. The van der Waals surface area contributed by atoms with Crippen LogP contribution in [0.3, 0.4) is 0 Å². The number of hydrogen-bond donors (Lipinski definition) is 1. The van der Waals surface area contributed by atoms with Crippen LogP contribution in [0.25, 0.3) is 10.1 Å². The fraction of sp³-hybridized carbons (Fsp3) is 0.529. The van der Waals surface area contributed by atoms with E-state index in [0.29, 0.717) is 5.92 Å². The second-order valence-electron chi connectivity index (χ2n) is 6.12. The highest BCUT2D eigenvalue weighted by atomic mass is 32.1. The first kappa shape index (κ1) is 13.9. The Morgan fingerprint density at radius 3 is 2.80 bits per heavy atom. The largest absolute Gasteiger partial charge is 0.497 e.